The molecule has 0 radical (unpaired) electrons. The van der Waals surface area contributed by atoms with Gasteiger partial charge in [-0.2, -0.15) is 8.42 Å². The molecule has 3 aromatic carbocycles. The quantitative estimate of drug-likeness (QED) is 0.246. The Hall–Kier alpha value is -2.82. The lowest BCUT2D eigenvalue weighted by Gasteiger charge is -2.32. The number of Topliss-reactive ketones (excluding diaryl/α,β-unsaturated/α-hetero) is 1. The number of fused-ring (bicyclic) bond motifs is 1. The van der Waals surface area contributed by atoms with Crippen LogP contribution in [0.5, 0.6) is 5.75 Å². The maximum atomic E-state index is 13.3. The SMILES string of the molecule is Cl.O=C(CCC1CCN(Cc2ccc(S(=O)(=O)O)cc2)CC1)c1ccc2c(c1)CN(Cc1ccc(F)cc1)CCO2. The van der Waals surface area contributed by atoms with Gasteiger partial charge in [0.2, 0.25) is 0 Å². The first-order chi connectivity index (χ1) is 19.2. The third-order valence-corrected chi connectivity index (χ3v) is 8.74. The molecule has 220 valence electrons. The molecule has 0 aliphatic carbocycles. The summed E-state index contributed by atoms with van der Waals surface area (Å²) in [7, 11) is -4.18. The van der Waals surface area contributed by atoms with Gasteiger partial charge in [0.05, 0.1) is 4.90 Å². The van der Waals surface area contributed by atoms with Crippen molar-refractivity contribution in [3.8, 4) is 5.75 Å². The molecule has 1 fully saturated rings. The first-order valence-corrected chi connectivity index (χ1v) is 15.2. The molecule has 0 amide bonds. The fraction of sp³-hybridized carbons (Fsp3) is 0.387. The third kappa shape index (κ3) is 8.59. The summed E-state index contributed by atoms with van der Waals surface area (Å²) in [6, 6.07) is 18.6. The highest BCUT2D eigenvalue weighted by Gasteiger charge is 2.22. The molecule has 2 aliphatic heterocycles. The lowest BCUT2D eigenvalue weighted by molar-refractivity contribution is 0.0961. The Bertz CT molecular complexity index is 1430. The molecular weight excluding hydrogens is 567 g/mol. The van der Waals surface area contributed by atoms with Crippen LogP contribution in [-0.2, 0) is 29.8 Å². The van der Waals surface area contributed by atoms with Crippen LogP contribution in [0, 0.1) is 11.7 Å². The van der Waals surface area contributed by atoms with Gasteiger partial charge in [0.1, 0.15) is 18.2 Å². The van der Waals surface area contributed by atoms with E-state index >= 15 is 0 Å². The molecule has 0 spiro atoms. The Labute approximate surface area is 247 Å². The lowest BCUT2D eigenvalue weighted by Crippen LogP contribution is -2.33. The number of ether oxygens (including phenoxy) is 1. The molecule has 1 saturated heterocycles. The van der Waals surface area contributed by atoms with Gasteiger partial charge in [-0.05, 0) is 91.9 Å². The highest BCUT2D eigenvalue weighted by atomic mass is 35.5. The third-order valence-electron chi connectivity index (χ3n) is 7.88. The predicted molar refractivity (Wildman–Crippen MR) is 158 cm³/mol. The van der Waals surface area contributed by atoms with Gasteiger partial charge in [0.25, 0.3) is 10.1 Å². The van der Waals surface area contributed by atoms with Crippen molar-refractivity contribution in [2.24, 2.45) is 5.92 Å². The van der Waals surface area contributed by atoms with E-state index in [0.717, 1.165) is 73.4 Å². The minimum absolute atomic E-state index is 0. The van der Waals surface area contributed by atoms with E-state index in [9.17, 15) is 17.6 Å². The average molecular weight is 603 g/mol. The summed E-state index contributed by atoms with van der Waals surface area (Å²) in [5.41, 5.74) is 3.77. The summed E-state index contributed by atoms with van der Waals surface area (Å²) in [5.74, 6) is 1.22. The van der Waals surface area contributed by atoms with Crippen LogP contribution in [0.4, 0.5) is 4.39 Å². The Kier molecular flexibility index (Phi) is 10.5. The number of rotatable bonds is 9. The summed E-state index contributed by atoms with van der Waals surface area (Å²) in [6.07, 6.45) is 3.42. The van der Waals surface area contributed by atoms with Crippen molar-refractivity contribution in [2.45, 2.75) is 50.2 Å². The van der Waals surface area contributed by atoms with E-state index in [1.165, 1.54) is 24.3 Å². The molecule has 7 nitrogen and oxygen atoms in total. The number of likely N-dealkylation sites (tertiary alicyclic amines) is 1. The number of piperidine rings is 1. The molecular formula is C31H36ClFN2O5S. The van der Waals surface area contributed by atoms with Crippen LogP contribution in [0.15, 0.2) is 71.6 Å². The van der Waals surface area contributed by atoms with Crippen molar-refractivity contribution in [2.75, 3.05) is 26.2 Å². The first kappa shape index (κ1) is 31.1. The van der Waals surface area contributed by atoms with Gasteiger partial charge in [-0.3, -0.25) is 19.1 Å². The molecule has 0 bridgehead atoms. The second kappa shape index (κ2) is 13.9. The normalized spacial score (nSPS) is 16.7. The Morgan fingerprint density at radius 3 is 2.20 bits per heavy atom. The van der Waals surface area contributed by atoms with E-state index in [-0.39, 0.29) is 28.9 Å². The number of nitrogens with zero attached hydrogens (tertiary/aromatic N) is 2. The minimum atomic E-state index is -4.18. The molecule has 0 atom stereocenters. The van der Waals surface area contributed by atoms with E-state index in [0.29, 0.717) is 32.0 Å². The molecule has 0 unspecified atom stereocenters. The lowest BCUT2D eigenvalue weighted by atomic mass is 9.90. The van der Waals surface area contributed by atoms with Gasteiger partial charge in [-0.15, -0.1) is 12.4 Å². The smallest absolute Gasteiger partial charge is 0.294 e. The first-order valence-electron chi connectivity index (χ1n) is 13.8. The van der Waals surface area contributed by atoms with E-state index in [2.05, 4.69) is 9.80 Å². The van der Waals surface area contributed by atoms with Crippen molar-refractivity contribution in [3.63, 3.8) is 0 Å². The maximum absolute atomic E-state index is 13.3. The van der Waals surface area contributed by atoms with Crippen molar-refractivity contribution in [1.82, 2.24) is 9.80 Å². The fourth-order valence-corrected chi connectivity index (χ4v) is 6.02. The number of carbonyl (C=O) groups is 1. The van der Waals surface area contributed by atoms with E-state index < -0.39 is 10.1 Å². The molecule has 2 aliphatic rings. The molecule has 10 heteroatoms. The molecule has 0 saturated carbocycles. The molecule has 0 aromatic heterocycles. The van der Waals surface area contributed by atoms with Crippen molar-refractivity contribution in [1.29, 1.82) is 0 Å². The molecule has 1 N–H and O–H groups in total. The highest BCUT2D eigenvalue weighted by Crippen LogP contribution is 2.28. The Morgan fingerprint density at radius 1 is 0.902 bits per heavy atom. The summed E-state index contributed by atoms with van der Waals surface area (Å²) < 4.78 is 50.8. The fourth-order valence-electron chi connectivity index (χ4n) is 5.54. The standard InChI is InChI=1S/C31H35FN2O5S.ClH/c32-28-7-1-24(2-8-28)21-34-17-18-39-31-12-6-26(19-27(31)22-34)30(35)11-5-23-13-15-33(16-14-23)20-25-3-9-29(10-4-25)40(36,37)38;/h1-4,6-10,12,19,23H,5,11,13-18,20-22H2,(H,36,37,38);1H. The van der Waals surface area contributed by atoms with Gasteiger partial charge in [0.15, 0.2) is 5.78 Å². The van der Waals surface area contributed by atoms with Gasteiger partial charge in [-0.25, -0.2) is 4.39 Å². The zero-order valence-electron chi connectivity index (χ0n) is 22.9. The molecule has 5 rings (SSSR count). The number of ketones is 1. The van der Waals surface area contributed by atoms with Crippen LogP contribution in [0.2, 0.25) is 0 Å². The molecule has 3 aromatic rings. The van der Waals surface area contributed by atoms with Gasteiger partial charge in [0, 0.05) is 43.7 Å². The second-order valence-electron chi connectivity index (χ2n) is 10.8. The van der Waals surface area contributed by atoms with Gasteiger partial charge in [-0.1, -0.05) is 24.3 Å². The number of carbonyl (C=O) groups excluding carboxylic acids is 1. The van der Waals surface area contributed by atoms with Crippen LogP contribution in [-0.4, -0.2) is 54.8 Å². The van der Waals surface area contributed by atoms with Crippen LogP contribution >= 0.6 is 12.4 Å². The van der Waals surface area contributed by atoms with Crippen molar-refractivity contribution in [3.05, 3.63) is 94.8 Å². The highest BCUT2D eigenvalue weighted by molar-refractivity contribution is 7.85. The minimum Gasteiger partial charge on any atom is -0.492 e. The van der Waals surface area contributed by atoms with Crippen LogP contribution in [0.3, 0.4) is 0 Å². The van der Waals surface area contributed by atoms with Crippen LogP contribution < -0.4 is 4.74 Å². The average Bonchev–Trinajstić information content (AvgIpc) is 3.14. The number of benzene rings is 3. The largest absolute Gasteiger partial charge is 0.492 e. The predicted octanol–water partition coefficient (Wildman–Crippen LogP) is 5.76. The van der Waals surface area contributed by atoms with Crippen molar-refractivity contribution < 1.29 is 26.9 Å². The Balaban J connectivity index is 0.00000387. The van der Waals surface area contributed by atoms with Crippen molar-refractivity contribution >= 4 is 28.3 Å². The van der Waals surface area contributed by atoms with Crippen LogP contribution in [0.1, 0.15) is 52.7 Å². The summed E-state index contributed by atoms with van der Waals surface area (Å²) in [6.45, 7) is 5.27. The zero-order chi connectivity index (χ0) is 28.1. The maximum Gasteiger partial charge on any atom is 0.294 e. The number of hydrogen-bond acceptors (Lipinski definition) is 6. The monoisotopic (exact) mass is 602 g/mol. The van der Waals surface area contributed by atoms with E-state index in [1.54, 1.807) is 24.3 Å². The second-order valence-corrected chi connectivity index (χ2v) is 12.2. The Morgan fingerprint density at radius 2 is 1.54 bits per heavy atom. The summed E-state index contributed by atoms with van der Waals surface area (Å²) in [4.78, 5) is 17.6. The zero-order valence-corrected chi connectivity index (χ0v) is 24.5. The van der Waals surface area contributed by atoms with Gasteiger partial charge >= 0.3 is 0 Å². The molecule has 2 heterocycles. The molecule has 41 heavy (non-hydrogen) atoms. The van der Waals surface area contributed by atoms with Gasteiger partial charge < -0.3 is 4.74 Å². The topological polar surface area (TPSA) is 87.2 Å². The summed E-state index contributed by atoms with van der Waals surface area (Å²) in [5, 5.41) is 0. The van der Waals surface area contributed by atoms with E-state index in [4.69, 9.17) is 9.29 Å². The van der Waals surface area contributed by atoms with Crippen LogP contribution in [0.25, 0.3) is 0 Å². The van der Waals surface area contributed by atoms with E-state index in [1.807, 2.05) is 18.2 Å². The number of hydrogen-bond donors (Lipinski definition) is 1. The summed E-state index contributed by atoms with van der Waals surface area (Å²) >= 11 is 0. The number of halogens is 2.